The minimum absolute atomic E-state index is 0.176. The standard InChI is InChI=1S/C11H14N4S/c1-8-15-9(7-16-8)5-10(12-2)11-6-13-3-4-14-11/h3-4,6-7,10,12H,5H2,1-2H3. The number of rotatable bonds is 4. The van der Waals surface area contributed by atoms with Crippen molar-refractivity contribution >= 4 is 11.3 Å². The molecule has 2 aromatic rings. The zero-order valence-electron chi connectivity index (χ0n) is 9.34. The Balaban J connectivity index is 2.12. The van der Waals surface area contributed by atoms with Crippen molar-refractivity contribution in [2.75, 3.05) is 7.05 Å². The summed E-state index contributed by atoms with van der Waals surface area (Å²) in [5.41, 5.74) is 2.06. The Morgan fingerprint density at radius 2 is 2.31 bits per heavy atom. The summed E-state index contributed by atoms with van der Waals surface area (Å²) in [5, 5.41) is 6.43. The van der Waals surface area contributed by atoms with Crippen molar-refractivity contribution in [1.82, 2.24) is 20.3 Å². The maximum Gasteiger partial charge on any atom is 0.0897 e. The monoisotopic (exact) mass is 234 g/mol. The summed E-state index contributed by atoms with van der Waals surface area (Å²) in [6.07, 6.45) is 6.04. The fraction of sp³-hybridized carbons (Fsp3) is 0.364. The van der Waals surface area contributed by atoms with Gasteiger partial charge in [-0.1, -0.05) is 0 Å². The molecule has 1 atom stereocenters. The summed E-state index contributed by atoms with van der Waals surface area (Å²) in [6.45, 7) is 2.02. The molecule has 84 valence electrons. The summed E-state index contributed by atoms with van der Waals surface area (Å²) < 4.78 is 0. The Hall–Kier alpha value is -1.33. The normalized spacial score (nSPS) is 12.6. The first-order valence-electron chi connectivity index (χ1n) is 5.14. The molecular weight excluding hydrogens is 220 g/mol. The highest BCUT2D eigenvalue weighted by Gasteiger charge is 2.12. The lowest BCUT2D eigenvalue weighted by atomic mass is 10.1. The molecule has 5 heteroatoms. The van der Waals surface area contributed by atoms with Crippen molar-refractivity contribution in [2.24, 2.45) is 0 Å². The van der Waals surface area contributed by atoms with Crippen LogP contribution in [0.5, 0.6) is 0 Å². The van der Waals surface area contributed by atoms with E-state index in [4.69, 9.17) is 0 Å². The maximum atomic E-state index is 4.45. The van der Waals surface area contributed by atoms with E-state index < -0.39 is 0 Å². The maximum absolute atomic E-state index is 4.45. The van der Waals surface area contributed by atoms with Crippen molar-refractivity contribution in [2.45, 2.75) is 19.4 Å². The lowest BCUT2D eigenvalue weighted by Gasteiger charge is -2.13. The molecule has 0 fully saturated rings. The molecule has 4 nitrogen and oxygen atoms in total. The molecule has 0 aromatic carbocycles. The van der Waals surface area contributed by atoms with Gasteiger partial charge < -0.3 is 5.32 Å². The molecular formula is C11H14N4S. The summed E-state index contributed by atoms with van der Waals surface area (Å²) in [4.78, 5) is 12.8. The van der Waals surface area contributed by atoms with Gasteiger partial charge >= 0.3 is 0 Å². The lowest BCUT2D eigenvalue weighted by Crippen LogP contribution is -2.20. The molecule has 2 heterocycles. The van der Waals surface area contributed by atoms with E-state index in [0.29, 0.717) is 0 Å². The van der Waals surface area contributed by atoms with Crippen LogP contribution in [0.4, 0.5) is 0 Å². The number of aromatic nitrogens is 3. The molecule has 0 saturated carbocycles. The molecule has 0 radical (unpaired) electrons. The predicted molar refractivity (Wildman–Crippen MR) is 64.4 cm³/mol. The van der Waals surface area contributed by atoms with Gasteiger partial charge in [0.1, 0.15) is 0 Å². The van der Waals surface area contributed by atoms with Gasteiger partial charge in [0.15, 0.2) is 0 Å². The average Bonchev–Trinajstić information content (AvgIpc) is 2.73. The van der Waals surface area contributed by atoms with Gasteiger partial charge in [-0.05, 0) is 14.0 Å². The highest BCUT2D eigenvalue weighted by Crippen LogP contribution is 2.17. The minimum Gasteiger partial charge on any atom is -0.311 e. The average molecular weight is 234 g/mol. The Bertz CT molecular complexity index is 440. The Morgan fingerprint density at radius 3 is 2.88 bits per heavy atom. The van der Waals surface area contributed by atoms with Crippen LogP contribution in [0.1, 0.15) is 22.4 Å². The molecule has 0 aliphatic heterocycles. The summed E-state index contributed by atoms with van der Waals surface area (Å²) in [5.74, 6) is 0. The first-order chi connectivity index (χ1) is 7.79. The fourth-order valence-electron chi connectivity index (χ4n) is 1.56. The van der Waals surface area contributed by atoms with Gasteiger partial charge in [-0.3, -0.25) is 9.97 Å². The second-order valence-corrected chi connectivity index (χ2v) is 4.60. The quantitative estimate of drug-likeness (QED) is 0.875. The van der Waals surface area contributed by atoms with Crippen molar-refractivity contribution in [3.63, 3.8) is 0 Å². The van der Waals surface area contributed by atoms with E-state index in [2.05, 4.69) is 25.6 Å². The molecule has 2 aromatic heterocycles. The van der Waals surface area contributed by atoms with E-state index in [-0.39, 0.29) is 6.04 Å². The van der Waals surface area contributed by atoms with Crippen LogP contribution in [0.25, 0.3) is 0 Å². The van der Waals surface area contributed by atoms with E-state index in [9.17, 15) is 0 Å². The number of hydrogen-bond donors (Lipinski definition) is 1. The molecule has 0 saturated heterocycles. The number of likely N-dealkylation sites (N-methyl/N-ethyl adjacent to an activating group) is 1. The van der Waals surface area contributed by atoms with Crippen molar-refractivity contribution in [3.8, 4) is 0 Å². The molecule has 1 unspecified atom stereocenters. The molecule has 0 aliphatic carbocycles. The Kier molecular flexibility index (Phi) is 3.58. The number of nitrogens with one attached hydrogen (secondary N) is 1. The van der Waals surface area contributed by atoms with E-state index in [1.807, 2.05) is 14.0 Å². The molecule has 0 bridgehead atoms. The number of thiazole rings is 1. The number of nitrogens with zero attached hydrogens (tertiary/aromatic N) is 3. The highest BCUT2D eigenvalue weighted by atomic mass is 32.1. The largest absolute Gasteiger partial charge is 0.311 e. The van der Waals surface area contributed by atoms with Crippen LogP contribution < -0.4 is 5.32 Å². The topological polar surface area (TPSA) is 50.7 Å². The minimum atomic E-state index is 0.176. The van der Waals surface area contributed by atoms with Crippen molar-refractivity contribution in [1.29, 1.82) is 0 Å². The highest BCUT2D eigenvalue weighted by molar-refractivity contribution is 7.09. The number of hydrogen-bond acceptors (Lipinski definition) is 5. The van der Waals surface area contributed by atoms with E-state index >= 15 is 0 Å². The van der Waals surface area contributed by atoms with Gasteiger partial charge in [-0.25, -0.2) is 4.98 Å². The second kappa shape index (κ2) is 5.14. The van der Waals surface area contributed by atoms with E-state index in [1.165, 1.54) is 0 Å². The molecule has 0 amide bonds. The summed E-state index contributed by atoms with van der Waals surface area (Å²) in [7, 11) is 1.93. The van der Waals surface area contributed by atoms with Gasteiger partial charge in [-0.2, -0.15) is 0 Å². The Labute approximate surface area is 98.8 Å². The lowest BCUT2D eigenvalue weighted by molar-refractivity contribution is 0.567. The molecule has 0 aliphatic rings. The zero-order chi connectivity index (χ0) is 11.4. The van der Waals surface area contributed by atoms with Gasteiger partial charge in [0.25, 0.3) is 0 Å². The van der Waals surface area contributed by atoms with Crippen LogP contribution in [0.3, 0.4) is 0 Å². The van der Waals surface area contributed by atoms with Gasteiger partial charge in [0.05, 0.1) is 22.4 Å². The molecule has 0 spiro atoms. The first kappa shape index (κ1) is 11.2. The van der Waals surface area contributed by atoms with Crippen molar-refractivity contribution in [3.05, 3.63) is 40.4 Å². The zero-order valence-corrected chi connectivity index (χ0v) is 10.2. The summed E-state index contributed by atoms with van der Waals surface area (Å²) in [6, 6.07) is 0.176. The van der Waals surface area contributed by atoms with Crippen LogP contribution in [0.2, 0.25) is 0 Å². The SMILES string of the molecule is CNC(Cc1csc(C)n1)c1cnccn1. The molecule has 16 heavy (non-hydrogen) atoms. The Morgan fingerprint density at radius 1 is 1.44 bits per heavy atom. The summed E-state index contributed by atoms with van der Waals surface area (Å²) >= 11 is 1.68. The third-order valence-corrected chi connectivity index (χ3v) is 3.19. The number of aryl methyl sites for hydroxylation is 1. The predicted octanol–water partition coefficient (Wildman–Crippen LogP) is 1.74. The van der Waals surface area contributed by atoms with E-state index in [1.54, 1.807) is 29.9 Å². The smallest absolute Gasteiger partial charge is 0.0897 e. The molecule has 1 N–H and O–H groups in total. The first-order valence-corrected chi connectivity index (χ1v) is 6.01. The third kappa shape index (κ3) is 2.62. The van der Waals surface area contributed by atoms with E-state index in [0.717, 1.165) is 22.8 Å². The van der Waals surface area contributed by atoms with Gasteiger partial charge in [0.2, 0.25) is 0 Å². The van der Waals surface area contributed by atoms with Crippen LogP contribution in [-0.2, 0) is 6.42 Å². The van der Waals surface area contributed by atoms with Crippen LogP contribution in [0.15, 0.2) is 24.0 Å². The molecule has 2 rings (SSSR count). The second-order valence-electron chi connectivity index (χ2n) is 3.53. The van der Waals surface area contributed by atoms with Gasteiger partial charge in [-0.15, -0.1) is 11.3 Å². The van der Waals surface area contributed by atoms with Crippen molar-refractivity contribution < 1.29 is 0 Å². The third-order valence-electron chi connectivity index (χ3n) is 2.37. The van der Waals surface area contributed by atoms with Crippen LogP contribution in [-0.4, -0.2) is 22.0 Å². The van der Waals surface area contributed by atoms with Gasteiger partial charge in [0, 0.05) is 30.4 Å². The fourth-order valence-corrected chi connectivity index (χ4v) is 2.18. The van der Waals surface area contributed by atoms with Crippen LogP contribution in [0, 0.1) is 6.92 Å². The van der Waals surface area contributed by atoms with Crippen LogP contribution >= 0.6 is 11.3 Å².